The molecular weight excluding hydrogens is 304 g/mol. The Balaban J connectivity index is 1.59. The minimum atomic E-state index is -2.51. The zero-order valence-corrected chi connectivity index (χ0v) is 16.1. The summed E-state index contributed by atoms with van der Waals surface area (Å²) in [4.78, 5) is 0. The van der Waals surface area contributed by atoms with Crippen molar-refractivity contribution in [1.29, 1.82) is 0 Å². The SMILES string of the molecule is C[Si](OC1CCCCC1)(OC1CCCCC1)OC1CCCCC1. The Morgan fingerprint density at radius 3 is 1.00 bits per heavy atom. The normalized spacial score (nSPS) is 26.5. The molecule has 0 atom stereocenters. The monoisotopic (exact) mass is 340 g/mol. The van der Waals surface area contributed by atoms with E-state index in [2.05, 4.69) is 6.55 Å². The standard InChI is InChI=1S/C19H36O3Si/c1-23(20-17-11-5-2-6-12-17,21-18-13-7-3-8-14-18)22-19-15-9-4-10-16-19/h17-19H,2-16H2,1H3. The van der Waals surface area contributed by atoms with E-state index in [-0.39, 0.29) is 0 Å². The van der Waals surface area contributed by atoms with Crippen LogP contribution in [0.1, 0.15) is 96.3 Å². The van der Waals surface area contributed by atoms with Gasteiger partial charge in [-0.1, -0.05) is 57.8 Å². The smallest absolute Gasteiger partial charge is 0.371 e. The lowest BCUT2D eigenvalue weighted by Gasteiger charge is -2.39. The maximum atomic E-state index is 6.58. The second-order valence-electron chi connectivity index (χ2n) is 8.00. The Morgan fingerprint density at radius 2 is 0.739 bits per heavy atom. The molecule has 0 heterocycles. The van der Waals surface area contributed by atoms with Crippen LogP contribution in [-0.2, 0) is 13.3 Å². The first-order chi connectivity index (χ1) is 11.2. The van der Waals surface area contributed by atoms with Crippen LogP contribution in [0.5, 0.6) is 0 Å². The summed E-state index contributed by atoms with van der Waals surface area (Å²) < 4.78 is 19.7. The molecule has 3 aliphatic carbocycles. The fourth-order valence-corrected chi connectivity index (χ4v) is 7.23. The van der Waals surface area contributed by atoms with Crippen molar-refractivity contribution in [2.24, 2.45) is 0 Å². The summed E-state index contributed by atoms with van der Waals surface area (Å²) in [6.45, 7) is 2.19. The minimum Gasteiger partial charge on any atom is -0.371 e. The van der Waals surface area contributed by atoms with E-state index in [1.807, 2.05) is 0 Å². The van der Waals surface area contributed by atoms with Crippen molar-refractivity contribution in [3.63, 3.8) is 0 Å². The Bertz CT molecular complexity index is 281. The van der Waals surface area contributed by atoms with Crippen LogP contribution in [0.2, 0.25) is 6.55 Å². The molecule has 3 rings (SSSR count). The second-order valence-corrected chi connectivity index (χ2v) is 10.4. The first kappa shape index (κ1) is 17.9. The molecule has 0 aliphatic heterocycles. The van der Waals surface area contributed by atoms with Gasteiger partial charge in [-0.3, -0.25) is 0 Å². The van der Waals surface area contributed by atoms with E-state index in [9.17, 15) is 0 Å². The third kappa shape index (κ3) is 5.84. The van der Waals surface area contributed by atoms with E-state index in [0.717, 1.165) is 0 Å². The molecule has 23 heavy (non-hydrogen) atoms. The van der Waals surface area contributed by atoms with Gasteiger partial charge in [0.1, 0.15) is 0 Å². The van der Waals surface area contributed by atoms with E-state index < -0.39 is 8.80 Å². The van der Waals surface area contributed by atoms with Crippen LogP contribution in [0, 0.1) is 0 Å². The molecule has 0 aromatic carbocycles. The Morgan fingerprint density at radius 1 is 0.478 bits per heavy atom. The topological polar surface area (TPSA) is 27.7 Å². The number of hydrogen-bond acceptors (Lipinski definition) is 3. The molecule has 0 unspecified atom stereocenters. The average Bonchev–Trinajstić information content (AvgIpc) is 2.57. The molecule has 0 saturated heterocycles. The van der Waals surface area contributed by atoms with Crippen LogP contribution in [0.3, 0.4) is 0 Å². The number of hydrogen-bond donors (Lipinski definition) is 0. The van der Waals surface area contributed by atoms with Gasteiger partial charge in [-0.25, -0.2) is 0 Å². The largest absolute Gasteiger partial charge is 0.498 e. The van der Waals surface area contributed by atoms with Crippen molar-refractivity contribution >= 4 is 8.80 Å². The summed E-state index contributed by atoms with van der Waals surface area (Å²) in [6.07, 6.45) is 20.3. The van der Waals surface area contributed by atoms with Gasteiger partial charge in [0.05, 0.1) is 0 Å². The lowest BCUT2D eigenvalue weighted by molar-refractivity contribution is -0.0362. The molecule has 4 heteroatoms. The predicted molar refractivity (Wildman–Crippen MR) is 95.5 cm³/mol. The van der Waals surface area contributed by atoms with Crippen LogP contribution in [0.25, 0.3) is 0 Å². The Hall–Kier alpha value is 0.0969. The molecule has 0 radical (unpaired) electrons. The molecule has 134 valence electrons. The summed E-state index contributed by atoms with van der Waals surface area (Å²) in [5, 5.41) is 0. The quantitative estimate of drug-likeness (QED) is 0.589. The molecule has 0 aromatic heterocycles. The number of rotatable bonds is 6. The zero-order valence-electron chi connectivity index (χ0n) is 15.1. The van der Waals surface area contributed by atoms with Gasteiger partial charge >= 0.3 is 8.80 Å². The lowest BCUT2D eigenvalue weighted by atomic mass is 9.98. The Labute approximate surface area is 143 Å². The molecule has 3 aliphatic rings. The molecule has 3 nitrogen and oxygen atoms in total. The zero-order chi connectivity index (χ0) is 16.0. The highest BCUT2D eigenvalue weighted by Gasteiger charge is 2.43. The summed E-state index contributed by atoms with van der Waals surface area (Å²) in [5.74, 6) is 0. The van der Waals surface area contributed by atoms with E-state index in [1.165, 1.54) is 96.3 Å². The van der Waals surface area contributed by atoms with Crippen LogP contribution < -0.4 is 0 Å². The molecule has 0 amide bonds. The third-order valence-corrected chi connectivity index (χ3v) is 8.08. The van der Waals surface area contributed by atoms with Crippen LogP contribution in [-0.4, -0.2) is 27.1 Å². The summed E-state index contributed by atoms with van der Waals surface area (Å²) in [7, 11) is -2.51. The van der Waals surface area contributed by atoms with Crippen molar-refractivity contribution < 1.29 is 13.3 Å². The summed E-state index contributed by atoms with van der Waals surface area (Å²) in [6, 6.07) is 0. The maximum Gasteiger partial charge on any atom is 0.498 e. The van der Waals surface area contributed by atoms with Gasteiger partial charge in [-0.05, 0) is 38.5 Å². The van der Waals surface area contributed by atoms with Crippen molar-refractivity contribution in [2.45, 2.75) is 121 Å². The third-order valence-electron chi connectivity index (χ3n) is 5.80. The predicted octanol–water partition coefficient (Wildman–Crippen LogP) is 5.60. The molecule has 0 spiro atoms. The van der Waals surface area contributed by atoms with Crippen molar-refractivity contribution in [3.05, 3.63) is 0 Å². The first-order valence-electron chi connectivity index (χ1n) is 10.3. The van der Waals surface area contributed by atoms with Crippen molar-refractivity contribution in [3.8, 4) is 0 Å². The highest BCUT2D eigenvalue weighted by molar-refractivity contribution is 6.59. The highest BCUT2D eigenvalue weighted by Crippen LogP contribution is 2.31. The van der Waals surface area contributed by atoms with E-state index in [4.69, 9.17) is 13.3 Å². The van der Waals surface area contributed by atoms with Crippen LogP contribution in [0.15, 0.2) is 0 Å². The fraction of sp³-hybridized carbons (Fsp3) is 1.00. The highest BCUT2D eigenvalue weighted by atomic mass is 28.4. The molecule has 0 N–H and O–H groups in total. The average molecular weight is 341 g/mol. The van der Waals surface area contributed by atoms with Crippen LogP contribution in [0.4, 0.5) is 0 Å². The van der Waals surface area contributed by atoms with Gasteiger partial charge in [0.25, 0.3) is 0 Å². The van der Waals surface area contributed by atoms with E-state index in [1.54, 1.807) is 0 Å². The van der Waals surface area contributed by atoms with Gasteiger partial charge in [-0.15, -0.1) is 0 Å². The second kappa shape index (κ2) is 8.98. The van der Waals surface area contributed by atoms with Gasteiger partial charge in [-0.2, -0.15) is 0 Å². The van der Waals surface area contributed by atoms with Gasteiger partial charge in [0, 0.05) is 24.9 Å². The van der Waals surface area contributed by atoms with Gasteiger partial charge in [0.15, 0.2) is 0 Å². The minimum absolute atomic E-state index is 0.382. The van der Waals surface area contributed by atoms with E-state index in [0.29, 0.717) is 18.3 Å². The molecule has 0 bridgehead atoms. The van der Waals surface area contributed by atoms with Crippen molar-refractivity contribution in [2.75, 3.05) is 0 Å². The summed E-state index contributed by atoms with van der Waals surface area (Å²) >= 11 is 0. The first-order valence-corrected chi connectivity index (χ1v) is 12.5. The van der Waals surface area contributed by atoms with Gasteiger partial charge < -0.3 is 13.3 Å². The van der Waals surface area contributed by atoms with Gasteiger partial charge in [0.2, 0.25) is 0 Å². The van der Waals surface area contributed by atoms with E-state index >= 15 is 0 Å². The maximum absolute atomic E-state index is 6.58. The van der Waals surface area contributed by atoms with Crippen molar-refractivity contribution in [1.82, 2.24) is 0 Å². The summed E-state index contributed by atoms with van der Waals surface area (Å²) in [5.41, 5.74) is 0. The molecule has 3 saturated carbocycles. The van der Waals surface area contributed by atoms with Crippen LogP contribution >= 0.6 is 0 Å². The Kier molecular flexibility index (Phi) is 6.99. The lowest BCUT2D eigenvalue weighted by Crippen LogP contribution is -2.51. The molecule has 3 fully saturated rings. The molecule has 0 aromatic rings. The fourth-order valence-electron chi connectivity index (χ4n) is 4.54. The molecular formula is C19H36O3Si.